The molecule has 3 rings (SSSR count). The lowest BCUT2D eigenvalue weighted by Crippen LogP contribution is -2.40. The molecule has 33 heavy (non-hydrogen) atoms. The number of aryl methyl sites for hydroxylation is 1. The number of benzene rings is 2. The molecule has 0 aliphatic heterocycles. The van der Waals surface area contributed by atoms with Gasteiger partial charge in [0, 0.05) is 17.6 Å². The standard InChI is InChI=1S/C25H32N4O3Si/c1-17-15-16-26-29(17)18(2)24(30)28-23(19-7-11-21(32-3)12-8-19)25(31)27-20-9-13-22(14-10-20)33(4,5)6/h7-16,18,23H,1-6H3,(H,27,31)(H,28,30). The van der Waals surface area contributed by atoms with Crippen LogP contribution in [0.3, 0.4) is 0 Å². The number of aromatic nitrogens is 2. The number of rotatable bonds is 8. The normalized spacial score (nSPS) is 13.2. The van der Waals surface area contributed by atoms with Gasteiger partial charge < -0.3 is 15.4 Å². The van der Waals surface area contributed by atoms with Crippen molar-refractivity contribution in [3.63, 3.8) is 0 Å². The van der Waals surface area contributed by atoms with E-state index in [9.17, 15) is 9.59 Å². The van der Waals surface area contributed by atoms with E-state index in [0.717, 1.165) is 5.69 Å². The van der Waals surface area contributed by atoms with Crippen molar-refractivity contribution >= 4 is 30.8 Å². The van der Waals surface area contributed by atoms with E-state index in [0.29, 0.717) is 17.0 Å². The molecule has 8 heteroatoms. The Kier molecular flexibility index (Phi) is 7.38. The van der Waals surface area contributed by atoms with Crippen LogP contribution < -0.4 is 20.6 Å². The van der Waals surface area contributed by atoms with Crippen LogP contribution in [0.5, 0.6) is 5.75 Å². The number of amides is 2. The summed E-state index contributed by atoms with van der Waals surface area (Å²) < 4.78 is 6.86. The van der Waals surface area contributed by atoms with Crippen molar-refractivity contribution in [1.29, 1.82) is 0 Å². The fourth-order valence-electron chi connectivity index (χ4n) is 3.52. The van der Waals surface area contributed by atoms with Gasteiger partial charge in [-0.3, -0.25) is 14.3 Å². The Balaban J connectivity index is 1.83. The molecule has 1 heterocycles. The van der Waals surface area contributed by atoms with Gasteiger partial charge in [0.1, 0.15) is 17.8 Å². The maximum atomic E-state index is 13.3. The van der Waals surface area contributed by atoms with Crippen molar-refractivity contribution in [1.82, 2.24) is 15.1 Å². The lowest BCUT2D eigenvalue weighted by molar-refractivity contribution is -0.128. The Morgan fingerprint density at radius 2 is 1.61 bits per heavy atom. The van der Waals surface area contributed by atoms with E-state index >= 15 is 0 Å². The Labute approximate surface area is 196 Å². The highest BCUT2D eigenvalue weighted by atomic mass is 28.3. The Morgan fingerprint density at radius 3 is 2.12 bits per heavy atom. The van der Waals surface area contributed by atoms with Crippen molar-refractivity contribution in [3.8, 4) is 5.75 Å². The van der Waals surface area contributed by atoms with E-state index in [1.54, 1.807) is 49.2 Å². The van der Waals surface area contributed by atoms with Gasteiger partial charge in [0.05, 0.1) is 15.2 Å². The minimum Gasteiger partial charge on any atom is -0.497 e. The van der Waals surface area contributed by atoms with E-state index in [2.05, 4.69) is 47.5 Å². The van der Waals surface area contributed by atoms with Crippen LogP contribution in [0.1, 0.15) is 30.3 Å². The highest BCUT2D eigenvalue weighted by molar-refractivity contribution is 6.88. The summed E-state index contributed by atoms with van der Waals surface area (Å²) in [5.74, 6) is 0.0530. The first-order valence-corrected chi connectivity index (χ1v) is 14.5. The van der Waals surface area contributed by atoms with Crippen LogP contribution in [0.4, 0.5) is 5.69 Å². The van der Waals surface area contributed by atoms with Crippen LogP contribution in [-0.2, 0) is 9.59 Å². The van der Waals surface area contributed by atoms with Crippen molar-refractivity contribution in [3.05, 3.63) is 72.1 Å². The van der Waals surface area contributed by atoms with Crippen molar-refractivity contribution in [2.24, 2.45) is 0 Å². The van der Waals surface area contributed by atoms with Crippen LogP contribution in [0.15, 0.2) is 60.8 Å². The lowest BCUT2D eigenvalue weighted by atomic mass is 10.0. The number of methoxy groups -OCH3 is 1. The molecule has 2 aromatic carbocycles. The molecule has 0 fully saturated rings. The maximum Gasteiger partial charge on any atom is 0.251 e. The fourth-order valence-corrected chi connectivity index (χ4v) is 4.69. The second-order valence-corrected chi connectivity index (χ2v) is 14.2. The lowest BCUT2D eigenvalue weighted by Gasteiger charge is -2.22. The summed E-state index contributed by atoms with van der Waals surface area (Å²) in [6, 6.07) is 15.4. The van der Waals surface area contributed by atoms with Gasteiger partial charge in [-0.1, -0.05) is 49.1 Å². The highest BCUT2D eigenvalue weighted by Crippen LogP contribution is 2.21. The second-order valence-electron chi connectivity index (χ2n) is 9.12. The fraction of sp³-hybridized carbons (Fsp3) is 0.320. The number of carbonyl (C=O) groups excluding carboxylic acids is 2. The highest BCUT2D eigenvalue weighted by Gasteiger charge is 2.27. The smallest absolute Gasteiger partial charge is 0.251 e. The summed E-state index contributed by atoms with van der Waals surface area (Å²) in [7, 11) is 0.147. The van der Waals surface area contributed by atoms with E-state index in [1.807, 2.05) is 25.1 Å². The third kappa shape index (κ3) is 5.90. The molecule has 3 aromatic rings. The molecule has 0 saturated heterocycles. The van der Waals surface area contributed by atoms with Gasteiger partial charge in [-0.15, -0.1) is 0 Å². The molecule has 0 aliphatic carbocycles. The molecule has 0 spiro atoms. The first kappa shape index (κ1) is 24.3. The number of ether oxygens (including phenoxy) is 1. The van der Waals surface area contributed by atoms with E-state index < -0.39 is 20.2 Å². The van der Waals surface area contributed by atoms with Crippen LogP contribution >= 0.6 is 0 Å². The van der Waals surface area contributed by atoms with Crippen molar-refractivity contribution in [2.75, 3.05) is 12.4 Å². The molecule has 174 valence electrons. The van der Waals surface area contributed by atoms with Gasteiger partial charge in [0.15, 0.2) is 0 Å². The SMILES string of the molecule is COc1ccc(C(NC(=O)C(C)n2nccc2C)C(=O)Nc2ccc([Si](C)(C)C)cc2)cc1. The summed E-state index contributed by atoms with van der Waals surface area (Å²) >= 11 is 0. The van der Waals surface area contributed by atoms with Crippen molar-refractivity contribution in [2.45, 2.75) is 45.6 Å². The van der Waals surface area contributed by atoms with Gasteiger partial charge in [-0.25, -0.2) is 0 Å². The molecule has 2 atom stereocenters. The molecule has 0 bridgehead atoms. The molecule has 2 N–H and O–H groups in total. The minimum atomic E-state index is -1.44. The van der Waals surface area contributed by atoms with Gasteiger partial charge in [0.2, 0.25) is 5.91 Å². The predicted octanol–water partition coefficient (Wildman–Crippen LogP) is 3.80. The summed E-state index contributed by atoms with van der Waals surface area (Å²) in [6.07, 6.45) is 1.65. The summed E-state index contributed by atoms with van der Waals surface area (Å²) in [4.78, 5) is 26.3. The monoisotopic (exact) mass is 464 g/mol. The number of hydrogen-bond acceptors (Lipinski definition) is 4. The molecule has 2 unspecified atom stereocenters. The Morgan fingerprint density at radius 1 is 0.970 bits per heavy atom. The van der Waals surface area contributed by atoms with Crippen LogP contribution in [0.25, 0.3) is 0 Å². The quantitative estimate of drug-likeness (QED) is 0.497. The zero-order chi connectivity index (χ0) is 24.2. The van der Waals surface area contributed by atoms with Crippen LogP contribution in [-0.4, -0.2) is 36.8 Å². The van der Waals surface area contributed by atoms with E-state index in [-0.39, 0.29) is 11.8 Å². The zero-order valence-electron chi connectivity index (χ0n) is 20.0. The minimum absolute atomic E-state index is 0.299. The Hall–Kier alpha value is -3.39. The topological polar surface area (TPSA) is 85.2 Å². The summed E-state index contributed by atoms with van der Waals surface area (Å²) in [6.45, 7) is 10.5. The third-order valence-corrected chi connectivity index (χ3v) is 7.70. The van der Waals surface area contributed by atoms with E-state index in [4.69, 9.17) is 4.74 Å². The molecule has 2 amide bonds. The van der Waals surface area contributed by atoms with Gasteiger partial charge in [0.25, 0.3) is 5.91 Å². The second kappa shape index (κ2) is 10.0. The number of anilines is 1. The molecular weight excluding hydrogens is 432 g/mol. The van der Waals surface area contributed by atoms with Gasteiger partial charge >= 0.3 is 0 Å². The number of hydrogen-bond donors (Lipinski definition) is 2. The number of nitrogens with zero attached hydrogens (tertiary/aromatic N) is 2. The number of nitrogens with one attached hydrogen (secondary N) is 2. The third-order valence-electron chi connectivity index (χ3n) is 5.63. The largest absolute Gasteiger partial charge is 0.497 e. The molecular formula is C25H32N4O3Si. The number of carbonyl (C=O) groups is 2. The summed E-state index contributed by atoms with van der Waals surface area (Å²) in [5.41, 5.74) is 2.21. The van der Waals surface area contributed by atoms with Gasteiger partial charge in [-0.2, -0.15) is 5.10 Å². The predicted molar refractivity (Wildman–Crippen MR) is 134 cm³/mol. The zero-order valence-corrected chi connectivity index (χ0v) is 21.0. The Bertz CT molecular complexity index is 1100. The van der Waals surface area contributed by atoms with Crippen molar-refractivity contribution < 1.29 is 14.3 Å². The van der Waals surface area contributed by atoms with Gasteiger partial charge in [-0.05, 0) is 49.7 Å². The molecule has 0 saturated carbocycles. The first-order chi connectivity index (χ1) is 15.6. The molecule has 0 radical (unpaired) electrons. The molecule has 7 nitrogen and oxygen atoms in total. The maximum absolute atomic E-state index is 13.3. The molecule has 0 aliphatic rings. The molecule has 1 aromatic heterocycles. The van der Waals surface area contributed by atoms with Crippen LogP contribution in [0, 0.1) is 6.92 Å². The van der Waals surface area contributed by atoms with Crippen LogP contribution in [0.2, 0.25) is 19.6 Å². The average molecular weight is 465 g/mol. The average Bonchev–Trinajstić information content (AvgIpc) is 3.22. The van der Waals surface area contributed by atoms with E-state index in [1.165, 1.54) is 5.19 Å². The summed E-state index contributed by atoms with van der Waals surface area (Å²) in [5, 5.41) is 11.4. The first-order valence-electron chi connectivity index (χ1n) is 11.0.